The van der Waals surface area contributed by atoms with E-state index in [4.69, 9.17) is 0 Å². The number of fused-ring (bicyclic) bond motifs is 7. The number of para-hydroxylation sites is 4. The van der Waals surface area contributed by atoms with Crippen molar-refractivity contribution in [3.63, 3.8) is 0 Å². The zero-order valence-corrected chi connectivity index (χ0v) is 31.8. The van der Waals surface area contributed by atoms with E-state index in [0.29, 0.717) is 0 Å². The lowest BCUT2D eigenvalue weighted by Crippen LogP contribution is -2.64. The molecule has 1 aliphatic carbocycles. The summed E-state index contributed by atoms with van der Waals surface area (Å²) in [6.07, 6.45) is 12.4. The van der Waals surface area contributed by atoms with E-state index in [9.17, 15) is 0 Å². The zero-order chi connectivity index (χ0) is 35.4. The molecule has 0 amide bonds. The standard InChI is InChI=1S/C47H46BN3S/c1-46-28-15-16-29-47(46,2)51-43-32-37(52(3,4)5)31-42-44(43)48(40-25-17-24-38(46)45(40)51)39-27-26-36(30-41(39)50(42)35-22-13-8-14-23-35)49(33-18-9-6-10-19-33)34-20-11-7-12-21-34/h6-14,17-27,30-32H,15-16,28-29H2,1-5H3. The van der Waals surface area contributed by atoms with Crippen LogP contribution in [0, 0.1) is 0 Å². The molecule has 1 fully saturated rings. The van der Waals surface area contributed by atoms with Gasteiger partial charge in [0.05, 0.1) is 5.54 Å². The lowest BCUT2D eigenvalue weighted by atomic mass is 9.33. The molecule has 0 N–H and O–H groups in total. The van der Waals surface area contributed by atoms with Gasteiger partial charge >= 0.3 is 0 Å². The van der Waals surface area contributed by atoms with E-state index in [2.05, 4.69) is 187 Å². The van der Waals surface area contributed by atoms with Crippen LogP contribution < -0.4 is 31.1 Å². The van der Waals surface area contributed by atoms with E-state index < -0.39 is 10.0 Å². The molecule has 258 valence electrons. The first-order chi connectivity index (χ1) is 25.2. The number of rotatable bonds is 5. The van der Waals surface area contributed by atoms with Gasteiger partial charge in [-0.3, -0.25) is 0 Å². The Kier molecular flexibility index (Phi) is 6.93. The van der Waals surface area contributed by atoms with E-state index >= 15 is 0 Å². The minimum absolute atomic E-state index is 0.0157. The summed E-state index contributed by atoms with van der Waals surface area (Å²) >= 11 is 0. The summed E-state index contributed by atoms with van der Waals surface area (Å²) in [5.74, 6) is 0. The highest BCUT2D eigenvalue weighted by Gasteiger charge is 2.61. The van der Waals surface area contributed by atoms with Gasteiger partial charge in [-0.2, -0.15) is 0 Å². The van der Waals surface area contributed by atoms with E-state index in [1.54, 1.807) is 5.56 Å². The van der Waals surface area contributed by atoms with Crippen molar-refractivity contribution in [1.82, 2.24) is 0 Å². The Labute approximate surface area is 311 Å². The highest BCUT2D eigenvalue weighted by atomic mass is 32.3. The van der Waals surface area contributed by atoms with Crippen molar-refractivity contribution in [2.45, 2.75) is 55.4 Å². The normalized spacial score (nSPS) is 21.2. The number of benzene rings is 6. The van der Waals surface area contributed by atoms with Gasteiger partial charge in [0.2, 0.25) is 0 Å². The second-order valence-electron chi connectivity index (χ2n) is 16.5. The Bertz CT molecular complexity index is 2320. The highest BCUT2D eigenvalue weighted by molar-refractivity contribution is 8.32. The molecule has 2 atom stereocenters. The minimum Gasteiger partial charge on any atom is -0.335 e. The van der Waals surface area contributed by atoms with E-state index in [0.717, 1.165) is 17.1 Å². The lowest BCUT2D eigenvalue weighted by molar-refractivity contribution is 0.195. The maximum absolute atomic E-state index is 2.86. The fraction of sp³-hybridized carbons (Fsp3) is 0.234. The van der Waals surface area contributed by atoms with Gasteiger partial charge in [-0.15, -0.1) is 0 Å². The fourth-order valence-corrected chi connectivity index (χ4v) is 11.1. The number of hydrogen-bond acceptors (Lipinski definition) is 3. The molecule has 52 heavy (non-hydrogen) atoms. The number of anilines is 8. The van der Waals surface area contributed by atoms with Gasteiger partial charge in [-0.1, -0.05) is 98.6 Å². The van der Waals surface area contributed by atoms with E-state index in [-0.39, 0.29) is 17.7 Å². The zero-order valence-electron chi connectivity index (χ0n) is 30.9. The van der Waals surface area contributed by atoms with Gasteiger partial charge in [0.15, 0.2) is 0 Å². The highest BCUT2D eigenvalue weighted by Crippen LogP contribution is 2.62. The molecule has 1 saturated carbocycles. The van der Waals surface area contributed by atoms with Crippen LogP contribution in [0.5, 0.6) is 0 Å². The van der Waals surface area contributed by atoms with Crippen LogP contribution >= 0.6 is 10.0 Å². The molecule has 0 aromatic heterocycles. The summed E-state index contributed by atoms with van der Waals surface area (Å²) in [5, 5.41) is 0. The third-order valence-electron chi connectivity index (χ3n) is 12.9. The predicted molar refractivity (Wildman–Crippen MR) is 227 cm³/mol. The Morgan fingerprint density at radius 2 is 1.23 bits per heavy atom. The molecule has 0 spiro atoms. The van der Waals surface area contributed by atoms with Gasteiger partial charge in [-0.25, -0.2) is 10.0 Å². The van der Waals surface area contributed by atoms with Crippen molar-refractivity contribution in [3.8, 4) is 0 Å². The summed E-state index contributed by atoms with van der Waals surface area (Å²) in [4.78, 5) is 9.31. The summed E-state index contributed by atoms with van der Waals surface area (Å²) in [6, 6.07) is 52.4. The summed E-state index contributed by atoms with van der Waals surface area (Å²) in [7, 11) is -1.06. The van der Waals surface area contributed by atoms with Crippen LogP contribution in [0.2, 0.25) is 0 Å². The quantitative estimate of drug-likeness (QED) is 0.166. The van der Waals surface area contributed by atoms with Crippen LogP contribution in [0.25, 0.3) is 0 Å². The van der Waals surface area contributed by atoms with Gasteiger partial charge in [0.25, 0.3) is 6.71 Å². The first kappa shape index (κ1) is 31.8. The summed E-state index contributed by atoms with van der Waals surface area (Å²) in [5.41, 5.74) is 16.1. The Morgan fingerprint density at radius 3 is 1.90 bits per heavy atom. The van der Waals surface area contributed by atoms with Crippen molar-refractivity contribution in [2.75, 3.05) is 33.5 Å². The lowest BCUT2D eigenvalue weighted by Gasteiger charge is -2.53. The predicted octanol–water partition coefficient (Wildman–Crippen LogP) is 10.6. The summed E-state index contributed by atoms with van der Waals surface area (Å²) in [6.45, 7) is 5.30. The molecule has 6 aromatic carbocycles. The molecule has 2 unspecified atom stereocenters. The molecule has 5 heteroatoms. The smallest absolute Gasteiger partial charge is 0.252 e. The monoisotopic (exact) mass is 695 g/mol. The van der Waals surface area contributed by atoms with E-state index in [1.165, 1.54) is 75.4 Å². The molecule has 0 radical (unpaired) electrons. The van der Waals surface area contributed by atoms with Crippen molar-refractivity contribution < 1.29 is 0 Å². The number of hydrogen-bond donors (Lipinski definition) is 0. The Morgan fingerprint density at radius 1 is 0.596 bits per heavy atom. The van der Waals surface area contributed by atoms with Crippen molar-refractivity contribution in [3.05, 3.63) is 145 Å². The van der Waals surface area contributed by atoms with Crippen LogP contribution in [-0.2, 0) is 5.41 Å². The second-order valence-corrected chi connectivity index (χ2v) is 20.6. The molecular formula is C47H46BN3S. The maximum Gasteiger partial charge on any atom is 0.252 e. The first-order valence-electron chi connectivity index (χ1n) is 18.9. The van der Waals surface area contributed by atoms with E-state index in [1.807, 2.05) is 0 Å². The minimum atomic E-state index is -1.06. The summed E-state index contributed by atoms with van der Waals surface area (Å²) < 4.78 is 0. The number of nitrogens with zero attached hydrogens (tertiary/aromatic N) is 3. The Hall–Kier alpha value is -4.87. The average Bonchev–Trinajstić information content (AvgIpc) is 3.38. The molecule has 4 aliphatic rings. The van der Waals surface area contributed by atoms with Crippen LogP contribution in [0.4, 0.5) is 45.5 Å². The molecule has 3 aliphatic heterocycles. The Balaban J connectivity index is 1.30. The first-order valence-corrected chi connectivity index (χ1v) is 21.7. The average molecular weight is 696 g/mol. The third-order valence-corrected chi connectivity index (χ3v) is 14.6. The van der Waals surface area contributed by atoms with Crippen molar-refractivity contribution >= 4 is 78.6 Å². The SMILES string of the molecule is CC12CCCCC1(C)N1c3cc(S(C)(C)C)cc4c3B(c3ccc(N(c5ccccc5)c5ccccc5)cc3N4c3ccccc3)c3cccc2c31. The maximum atomic E-state index is 2.86. The molecule has 3 heterocycles. The van der Waals surface area contributed by atoms with Crippen LogP contribution in [0.3, 0.4) is 0 Å². The van der Waals surface area contributed by atoms with Gasteiger partial charge in [0, 0.05) is 50.9 Å². The van der Waals surface area contributed by atoms with Gasteiger partial charge < -0.3 is 14.7 Å². The van der Waals surface area contributed by atoms with Crippen LogP contribution in [-0.4, -0.2) is 31.0 Å². The van der Waals surface area contributed by atoms with Crippen LogP contribution in [0.15, 0.2) is 144 Å². The van der Waals surface area contributed by atoms with Crippen LogP contribution in [0.1, 0.15) is 45.1 Å². The van der Waals surface area contributed by atoms with Gasteiger partial charge in [-0.05, 0) is 126 Å². The fourth-order valence-electron chi connectivity index (χ4n) is 10.2. The molecule has 6 aromatic rings. The van der Waals surface area contributed by atoms with Crippen molar-refractivity contribution in [2.24, 2.45) is 0 Å². The molecule has 10 rings (SSSR count). The third kappa shape index (κ3) is 4.35. The molecule has 0 bridgehead atoms. The topological polar surface area (TPSA) is 9.72 Å². The molecule has 0 saturated heterocycles. The second kappa shape index (κ2) is 11.3. The molecule has 3 nitrogen and oxygen atoms in total. The molecular weight excluding hydrogens is 649 g/mol. The largest absolute Gasteiger partial charge is 0.335 e. The van der Waals surface area contributed by atoms with Crippen molar-refractivity contribution in [1.29, 1.82) is 0 Å². The van der Waals surface area contributed by atoms with Gasteiger partial charge in [0.1, 0.15) is 0 Å².